The Morgan fingerprint density at radius 1 is 1.05 bits per heavy atom. The molecule has 2 N–H and O–H groups in total. The average molecular weight is 280 g/mol. The van der Waals surface area contributed by atoms with Crippen LogP contribution in [0.5, 0.6) is 0 Å². The highest BCUT2D eigenvalue weighted by Crippen LogP contribution is 2.21. The number of rotatable bonds is 7. The largest absolute Gasteiger partial charge is 0.325 e. The molecule has 0 aromatic heterocycles. The van der Waals surface area contributed by atoms with Gasteiger partial charge in [0, 0.05) is 13.3 Å². The molecule has 2 amide bonds. The molecule has 19 heavy (non-hydrogen) atoms. The zero-order valence-electron chi connectivity index (χ0n) is 11.1. The quantitative estimate of drug-likeness (QED) is 0.531. The summed E-state index contributed by atoms with van der Waals surface area (Å²) in [6.07, 6.45) is 3.38. The van der Waals surface area contributed by atoms with Crippen LogP contribution in [0.15, 0.2) is 24.3 Å². The van der Waals surface area contributed by atoms with E-state index in [0.29, 0.717) is 17.8 Å². The molecule has 0 aliphatic heterocycles. The lowest BCUT2D eigenvalue weighted by Crippen LogP contribution is -2.14. The Hall–Kier alpha value is -1.49. The lowest BCUT2D eigenvalue weighted by atomic mass is 10.2. The molecule has 1 aromatic carbocycles. The van der Waals surface area contributed by atoms with E-state index in [1.165, 1.54) is 6.92 Å². The summed E-state index contributed by atoms with van der Waals surface area (Å²) in [5.41, 5.74) is 1.26. The van der Waals surface area contributed by atoms with Crippen molar-refractivity contribution >= 4 is 35.8 Å². The number of hydrogen-bond donors (Lipinski definition) is 3. The number of amides is 2. The molecule has 104 valence electrons. The molecule has 0 atom stereocenters. The van der Waals surface area contributed by atoms with Crippen LogP contribution in [0.3, 0.4) is 0 Å². The van der Waals surface area contributed by atoms with E-state index in [1.807, 2.05) is 12.1 Å². The van der Waals surface area contributed by atoms with Gasteiger partial charge in [-0.25, -0.2) is 0 Å². The van der Waals surface area contributed by atoms with Gasteiger partial charge in [0.05, 0.1) is 11.4 Å². The summed E-state index contributed by atoms with van der Waals surface area (Å²) in [6, 6.07) is 7.17. The number of nitrogens with one attached hydrogen (secondary N) is 2. The minimum Gasteiger partial charge on any atom is -0.325 e. The maximum absolute atomic E-state index is 11.8. The Morgan fingerprint density at radius 3 is 2.26 bits per heavy atom. The summed E-state index contributed by atoms with van der Waals surface area (Å²) >= 11 is 4.13. The van der Waals surface area contributed by atoms with Crippen LogP contribution >= 0.6 is 12.6 Å². The minimum absolute atomic E-state index is 0.0306. The first-order valence-electron chi connectivity index (χ1n) is 6.41. The monoisotopic (exact) mass is 280 g/mol. The van der Waals surface area contributed by atoms with Crippen molar-refractivity contribution in [2.75, 3.05) is 16.4 Å². The van der Waals surface area contributed by atoms with E-state index in [1.54, 1.807) is 12.1 Å². The van der Waals surface area contributed by atoms with Gasteiger partial charge in [0.15, 0.2) is 0 Å². The molecule has 1 aromatic rings. The van der Waals surface area contributed by atoms with Gasteiger partial charge in [-0.3, -0.25) is 9.59 Å². The molecule has 1 rings (SSSR count). The Balaban J connectivity index is 2.51. The van der Waals surface area contributed by atoms with Gasteiger partial charge in [-0.15, -0.1) is 0 Å². The molecule has 0 saturated heterocycles. The second kappa shape index (κ2) is 8.58. The van der Waals surface area contributed by atoms with E-state index in [4.69, 9.17) is 0 Å². The Labute approximate surface area is 119 Å². The third-order valence-electron chi connectivity index (χ3n) is 2.57. The predicted octanol–water partition coefficient (Wildman–Crippen LogP) is 3.07. The van der Waals surface area contributed by atoms with Gasteiger partial charge in [0.1, 0.15) is 0 Å². The van der Waals surface area contributed by atoms with E-state index in [2.05, 4.69) is 23.3 Å². The normalized spacial score (nSPS) is 10.0. The van der Waals surface area contributed by atoms with Crippen molar-refractivity contribution in [3.63, 3.8) is 0 Å². The molecule has 4 nitrogen and oxygen atoms in total. The van der Waals surface area contributed by atoms with Gasteiger partial charge in [0.2, 0.25) is 11.8 Å². The lowest BCUT2D eigenvalue weighted by molar-refractivity contribution is -0.116. The number of unbranched alkanes of at least 4 members (excludes halogenated alkanes) is 2. The average Bonchev–Trinajstić information content (AvgIpc) is 2.36. The number of thiol groups is 1. The second-order valence-electron chi connectivity index (χ2n) is 4.31. The number of para-hydroxylation sites is 2. The highest BCUT2D eigenvalue weighted by atomic mass is 32.1. The third-order valence-corrected chi connectivity index (χ3v) is 2.89. The molecular weight excluding hydrogens is 260 g/mol. The summed E-state index contributed by atoms with van der Waals surface area (Å²) in [6.45, 7) is 1.44. The molecule has 0 saturated carbocycles. The SMILES string of the molecule is CC(=O)Nc1ccccc1NC(=O)CCCCCS. The maximum atomic E-state index is 11.8. The van der Waals surface area contributed by atoms with Gasteiger partial charge < -0.3 is 10.6 Å². The number of carbonyl (C=O) groups is 2. The first-order chi connectivity index (χ1) is 9.13. The van der Waals surface area contributed by atoms with E-state index >= 15 is 0 Å². The molecule has 0 unspecified atom stereocenters. The summed E-state index contributed by atoms with van der Waals surface area (Å²) in [5, 5.41) is 5.51. The van der Waals surface area contributed by atoms with Crippen molar-refractivity contribution in [2.45, 2.75) is 32.6 Å². The van der Waals surface area contributed by atoms with Crippen LogP contribution < -0.4 is 10.6 Å². The van der Waals surface area contributed by atoms with Gasteiger partial charge in [0.25, 0.3) is 0 Å². The number of anilines is 2. The highest BCUT2D eigenvalue weighted by Gasteiger charge is 2.07. The maximum Gasteiger partial charge on any atom is 0.224 e. The van der Waals surface area contributed by atoms with Gasteiger partial charge in [-0.05, 0) is 30.7 Å². The van der Waals surface area contributed by atoms with Crippen LogP contribution in [0.2, 0.25) is 0 Å². The molecular formula is C14H20N2O2S. The van der Waals surface area contributed by atoms with Crippen molar-refractivity contribution in [1.82, 2.24) is 0 Å². The summed E-state index contributed by atoms with van der Waals surface area (Å²) in [7, 11) is 0. The number of carbonyl (C=O) groups excluding carboxylic acids is 2. The van der Waals surface area contributed by atoms with Gasteiger partial charge >= 0.3 is 0 Å². The molecule has 0 fully saturated rings. The molecule has 0 bridgehead atoms. The van der Waals surface area contributed by atoms with Crippen molar-refractivity contribution in [2.24, 2.45) is 0 Å². The fraction of sp³-hybridized carbons (Fsp3) is 0.429. The Morgan fingerprint density at radius 2 is 1.68 bits per heavy atom. The standard InChI is InChI=1S/C14H20N2O2S/c1-11(17)15-12-7-4-5-8-13(12)16-14(18)9-3-2-6-10-19/h4-5,7-8,19H,2-3,6,9-10H2,1H3,(H,15,17)(H,16,18). The molecule has 0 aliphatic rings. The first-order valence-corrected chi connectivity index (χ1v) is 7.04. The molecule has 0 radical (unpaired) electrons. The van der Waals surface area contributed by atoms with Gasteiger partial charge in [-0.1, -0.05) is 18.6 Å². The molecule has 0 heterocycles. The van der Waals surface area contributed by atoms with Crippen LogP contribution in [0.4, 0.5) is 11.4 Å². The Bertz CT molecular complexity index is 435. The van der Waals surface area contributed by atoms with E-state index in [0.717, 1.165) is 25.0 Å². The number of benzene rings is 1. The second-order valence-corrected chi connectivity index (χ2v) is 4.76. The first kappa shape index (κ1) is 15.6. The van der Waals surface area contributed by atoms with Crippen LogP contribution in [0.25, 0.3) is 0 Å². The van der Waals surface area contributed by atoms with E-state index in [-0.39, 0.29) is 11.8 Å². The summed E-state index contributed by atoms with van der Waals surface area (Å²) in [4.78, 5) is 22.8. The Kier molecular flexibility index (Phi) is 7.03. The van der Waals surface area contributed by atoms with Gasteiger partial charge in [-0.2, -0.15) is 12.6 Å². The molecule has 5 heteroatoms. The fourth-order valence-electron chi connectivity index (χ4n) is 1.68. The zero-order valence-corrected chi connectivity index (χ0v) is 12.0. The third kappa shape index (κ3) is 6.29. The highest BCUT2D eigenvalue weighted by molar-refractivity contribution is 7.80. The molecule has 0 spiro atoms. The van der Waals surface area contributed by atoms with Crippen molar-refractivity contribution in [3.05, 3.63) is 24.3 Å². The van der Waals surface area contributed by atoms with Crippen LogP contribution in [0, 0.1) is 0 Å². The van der Waals surface area contributed by atoms with Crippen LogP contribution in [-0.4, -0.2) is 17.6 Å². The zero-order chi connectivity index (χ0) is 14.1. The van der Waals surface area contributed by atoms with Crippen molar-refractivity contribution in [1.29, 1.82) is 0 Å². The van der Waals surface area contributed by atoms with Crippen LogP contribution in [-0.2, 0) is 9.59 Å². The topological polar surface area (TPSA) is 58.2 Å². The van der Waals surface area contributed by atoms with Crippen molar-refractivity contribution < 1.29 is 9.59 Å². The fourth-order valence-corrected chi connectivity index (χ4v) is 1.90. The summed E-state index contributed by atoms with van der Waals surface area (Å²) < 4.78 is 0. The predicted molar refractivity (Wildman–Crippen MR) is 81.7 cm³/mol. The van der Waals surface area contributed by atoms with E-state index < -0.39 is 0 Å². The minimum atomic E-state index is -0.157. The van der Waals surface area contributed by atoms with Crippen LogP contribution in [0.1, 0.15) is 32.6 Å². The summed E-state index contributed by atoms with van der Waals surface area (Å²) in [5.74, 6) is 0.667. The number of hydrogen-bond acceptors (Lipinski definition) is 3. The molecule has 0 aliphatic carbocycles. The lowest BCUT2D eigenvalue weighted by Gasteiger charge is -2.11. The smallest absolute Gasteiger partial charge is 0.224 e. The van der Waals surface area contributed by atoms with Crippen molar-refractivity contribution in [3.8, 4) is 0 Å². The van der Waals surface area contributed by atoms with E-state index in [9.17, 15) is 9.59 Å².